The Labute approximate surface area is 90.6 Å². The van der Waals surface area contributed by atoms with Crippen molar-refractivity contribution >= 4 is 0 Å². The maximum absolute atomic E-state index is 2.30. The van der Waals surface area contributed by atoms with Crippen LogP contribution in [0.3, 0.4) is 0 Å². The zero-order chi connectivity index (χ0) is 8.81. The molecule has 0 unspecified atom stereocenters. The summed E-state index contributed by atoms with van der Waals surface area (Å²) in [6.07, 6.45) is 0. The molecule has 0 atom stereocenters. The van der Waals surface area contributed by atoms with Crippen molar-refractivity contribution in [2.24, 2.45) is 5.41 Å². The second-order valence-electron chi connectivity index (χ2n) is 3.88. The molecule has 0 radical (unpaired) electrons. The molecule has 0 aromatic carbocycles. The average Bonchev–Trinajstić information content (AvgIpc) is 2.06. The Kier molecular flexibility index (Phi) is 5.40. The molecule has 0 nitrogen and oxygen atoms in total. The summed E-state index contributed by atoms with van der Waals surface area (Å²) in [6, 6.07) is 0. The van der Waals surface area contributed by atoms with Gasteiger partial charge in [0, 0.05) is 0 Å². The predicted molar refractivity (Wildman–Crippen MR) is 44.9 cm³/mol. The van der Waals surface area contributed by atoms with Crippen molar-refractivity contribution in [3.05, 3.63) is 20.6 Å². The van der Waals surface area contributed by atoms with E-state index in [9.17, 15) is 0 Å². The predicted octanol–water partition coefficient (Wildman–Crippen LogP) is -2.81. The van der Waals surface area contributed by atoms with Crippen LogP contribution in [0.5, 0.6) is 0 Å². The van der Waals surface area contributed by atoms with Crippen LogP contribution in [0.25, 0.3) is 0 Å². The van der Waals surface area contributed by atoms with Crippen LogP contribution in [-0.4, -0.2) is 0 Å². The Balaban J connectivity index is 0. The molecule has 0 heterocycles. The zero-order valence-corrected chi connectivity index (χ0v) is 10.3. The maximum atomic E-state index is 2.30. The van der Waals surface area contributed by atoms with Gasteiger partial charge >= 0.3 is 81.1 Å². The largest absolute Gasteiger partial charge is 1.00 e. The smallest absolute Gasteiger partial charge is 1.00 e. The molecule has 0 spiro atoms. The monoisotopic (exact) mass is 221 g/mol. The van der Waals surface area contributed by atoms with Crippen molar-refractivity contribution < 1.29 is 29.8 Å². The van der Waals surface area contributed by atoms with E-state index in [-0.39, 0.29) is 9.41 Å². The number of halogens is 2. The van der Waals surface area contributed by atoms with E-state index in [0.717, 1.165) is 0 Å². The van der Waals surface area contributed by atoms with Crippen molar-refractivity contribution in [3.8, 4) is 0 Å². The van der Waals surface area contributed by atoms with E-state index in [1.54, 1.807) is 0 Å². The van der Waals surface area contributed by atoms with E-state index in [1.807, 2.05) is 0 Å². The molecule has 0 bridgehead atoms. The Morgan fingerprint density at radius 2 is 1.31 bits per heavy atom. The molecule has 0 amide bonds. The van der Waals surface area contributed by atoms with Gasteiger partial charge in [-0.15, -0.1) is 0 Å². The minimum Gasteiger partial charge on any atom is -1.00 e. The van der Waals surface area contributed by atoms with Crippen LogP contribution in [0.2, 0.25) is 0 Å². The fourth-order valence-electron chi connectivity index (χ4n) is 1.59. The van der Waals surface area contributed by atoms with Gasteiger partial charge in [-0.3, -0.25) is 0 Å². The Morgan fingerprint density at radius 3 is 1.38 bits per heavy atom. The number of hydrogen-bond acceptors (Lipinski definition) is 0. The summed E-state index contributed by atoms with van der Waals surface area (Å²) < 4.78 is 1.53. The van der Waals surface area contributed by atoms with Crippen LogP contribution >= 0.6 is 0 Å². The summed E-state index contributed by atoms with van der Waals surface area (Å²) in [5.41, 5.74) is 4.83. The molecular formula is C10H15F2Ti. The van der Waals surface area contributed by atoms with Crippen molar-refractivity contribution in [1.29, 1.82) is 0 Å². The normalized spacial score (nSPS) is 19.9. The maximum Gasteiger partial charge on any atom is -1.00 e. The first-order chi connectivity index (χ1) is 4.89. The molecule has 0 aromatic rings. The number of hydrogen-bond donors (Lipinski definition) is 0. The van der Waals surface area contributed by atoms with Gasteiger partial charge in [-0.25, -0.2) is 0 Å². The first kappa shape index (κ1) is 15.5. The van der Waals surface area contributed by atoms with E-state index in [2.05, 4.69) is 55.1 Å². The van der Waals surface area contributed by atoms with Gasteiger partial charge in [-0.1, -0.05) is 0 Å². The zero-order valence-electron chi connectivity index (χ0n) is 8.76. The van der Waals surface area contributed by atoms with Crippen LogP contribution in [0.15, 0.2) is 20.6 Å². The molecule has 0 saturated carbocycles. The van der Waals surface area contributed by atoms with Gasteiger partial charge in [0.1, 0.15) is 0 Å². The minimum atomic E-state index is 0. The van der Waals surface area contributed by atoms with E-state index < -0.39 is 0 Å². The molecule has 3 heteroatoms. The van der Waals surface area contributed by atoms with Crippen molar-refractivity contribution in [2.75, 3.05) is 0 Å². The molecule has 1 aliphatic rings. The first-order valence-corrected chi connectivity index (χ1v) is 4.78. The molecular weight excluding hydrogens is 206 g/mol. The summed E-state index contributed by atoms with van der Waals surface area (Å²) in [7, 11) is 0. The SMILES string of the molecule is CC1=C(C)C(C)(C)[C]([Ti+2])=C1C.[F-].[F-]. The average molecular weight is 221 g/mol. The third-order valence-corrected chi connectivity index (χ3v) is 4.62. The third kappa shape index (κ3) is 2.11. The minimum absolute atomic E-state index is 0. The second kappa shape index (κ2) is 4.52. The van der Waals surface area contributed by atoms with Gasteiger partial charge in [-0.05, 0) is 0 Å². The van der Waals surface area contributed by atoms with Crippen LogP contribution in [0.4, 0.5) is 0 Å². The standard InChI is InChI=1S/C10H15.2FH.Ti/c1-7-6-10(4,5)9(3)8(7)2;;;/h1-5H3;2*1H;/q;;;+2/p-2. The van der Waals surface area contributed by atoms with Gasteiger partial charge in [0.25, 0.3) is 0 Å². The number of allylic oxidation sites excluding steroid dienone is 4. The summed E-state index contributed by atoms with van der Waals surface area (Å²) in [5, 5.41) is 0. The Hall–Kier alpha value is 0.0543. The van der Waals surface area contributed by atoms with Crippen LogP contribution in [-0.2, 0) is 20.4 Å². The summed E-state index contributed by atoms with van der Waals surface area (Å²) in [4.78, 5) is 0. The molecule has 0 saturated heterocycles. The molecule has 73 valence electrons. The van der Waals surface area contributed by atoms with Gasteiger partial charge in [0.15, 0.2) is 0 Å². The molecule has 0 fully saturated rings. The fourth-order valence-corrected chi connectivity index (χ4v) is 2.18. The third-order valence-electron chi connectivity index (χ3n) is 3.06. The Bertz CT molecular complexity index is 236. The molecule has 0 aliphatic heterocycles. The second-order valence-corrected chi connectivity index (χ2v) is 4.66. The van der Waals surface area contributed by atoms with E-state index in [0.29, 0.717) is 5.41 Å². The topological polar surface area (TPSA) is 0 Å². The van der Waals surface area contributed by atoms with Crippen molar-refractivity contribution in [1.82, 2.24) is 0 Å². The van der Waals surface area contributed by atoms with Crippen molar-refractivity contribution in [2.45, 2.75) is 34.6 Å². The number of rotatable bonds is 0. The van der Waals surface area contributed by atoms with Crippen molar-refractivity contribution in [3.63, 3.8) is 0 Å². The molecule has 0 N–H and O–H groups in total. The summed E-state index contributed by atoms with van der Waals surface area (Å²) >= 11 is 2.25. The quantitative estimate of drug-likeness (QED) is 0.387. The van der Waals surface area contributed by atoms with Crippen LogP contribution < -0.4 is 9.41 Å². The van der Waals surface area contributed by atoms with E-state index >= 15 is 0 Å². The molecule has 1 aliphatic carbocycles. The van der Waals surface area contributed by atoms with Gasteiger partial charge in [0.05, 0.1) is 0 Å². The van der Waals surface area contributed by atoms with Gasteiger partial charge < -0.3 is 9.41 Å². The fraction of sp³-hybridized carbons (Fsp3) is 0.600. The van der Waals surface area contributed by atoms with Crippen LogP contribution in [0, 0.1) is 5.41 Å². The van der Waals surface area contributed by atoms with E-state index in [1.165, 1.54) is 20.6 Å². The molecule has 1 rings (SSSR count). The summed E-state index contributed by atoms with van der Waals surface area (Å²) in [5.74, 6) is 0. The first-order valence-electron chi connectivity index (χ1n) is 4.00. The molecule has 0 aromatic heterocycles. The molecule has 13 heavy (non-hydrogen) atoms. The van der Waals surface area contributed by atoms with Crippen LogP contribution in [0.1, 0.15) is 34.6 Å². The van der Waals surface area contributed by atoms with Gasteiger partial charge in [0.2, 0.25) is 0 Å². The Morgan fingerprint density at radius 1 is 0.923 bits per heavy atom. The van der Waals surface area contributed by atoms with Gasteiger partial charge in [-0.2, -0.15) is 0 Å². The van der Waals surface area contributed by atoms with E-state index in [4.69, 9.17) is 0 Å². The summed E-state index contributed by atoms with van der Waals surface area (Å²) in [6.45, 7) is 11.3.